The Morgan fingerprint density at radius 1 is 0.650 bits per heavy atom. The van der Waals surface area contributed by atoms with Crippen LogP contribution in [-0.4, -0.2) is 38.5 Å². The highest BCUT2D eigenvalue weighted by Gasteiger charge is 1.94. The lowest BCUT2D eigenvalue weighted by Crippen LogP contribution is -1.88. The van der Waals surface area contributed by atoms with Crippen molar-refractivity contribution < 1.29 is 25.9 Å². The molecule has 20 heavy (non-hydrogen) atoms. The van der Waals surface area contributed by atoms with Gasteiger partial charge in [-0.15, -0.1) is 0 Å². The summed E-state index contributed by atoms with van der Waals surface area (Å²) in [5, 5.41) is 0. The number of hydrogen-bond acceptors (Lipinski definition) is 4. The van der Waals surface area contributed by atoms with Crippen molar-refractivity contribution in [3.05, 3.63) is 48.5 Å². The first kappa shape index (κ1) is 18.5. The molecule has 6 nitrogen and oxygen atoms in total. The van der Waals surface area contributed by atoms with Gasteiger partial charge < -0.3 is 0 Å². The van der Waals surface area contributed by atoms with Gasteiger partial charge in [0.05, 0.1) is 12.5 Å². The van der Waals surface area contributed by atoms with E-state index in [1.165, 1.54) is 11.1 Å². The molecule has 2 aliphatic rings. The van der Waals surface area contributed by atoms with Crippen molar-refractivity contribution in [1.29, 1.82) is 0 Å². The monoisotopic (exact) mass is 320 g/mol. The van der Waals surface area contributed by atoms with Gasteiger partial charge in [-0.25, -0.2) is 0 Å². The summed E-state index contributed by atoms with van der Waals surface area (Å²) in [6, 6.07) is 16.7. The minimum Gasteiger partial charge on any atom is -0.286 e. The lowest BCUT2D eigenvalue weighted by molar-refractivity contribution is 0.488. The third-order valence-electron chi connectivity index (χ3n) is 1.66. The first-order valence-electron chi connectivity index (χ1n) is 5.25. The van der Waals surface area contributed by atoms with E-state index in [1.807, 2.05) is 6.07 Å². The zero-order valence-electron chi connectivity index (χ0n) is 11.0. The van der Waals surface area contributed by atoms with E-state index in [-0.39, 0.29) is 0 Å². The first-order chi connectivity index (χ1) is 8.97. The van der Waals surface area contributed by atoms with Crippen molar-refractivity contribution in [2.75, 3.05) is 12.5 Å². The molecule has 0 aromatic carbocycles. The zero-order chi connectivity index (χ0) is 15.8. The van der Waals surface area contributed by atoms with Crippen LogP contribution in [0, 0.1) is 0 Å². The third-order valence-corrected chi connectivity index (χ3v) is 1.66. The van der Waals surface area contributed by atoms with E-state index >= 15 is 0 Å². The van der Waals surface area contributed by atoms with Crippen LogP contribution in [0.1, 0.15) is 0 Å². The molecule has 112 valence electrons. The Kier molecular flexibility index (Phi) is 7.36. The van der Waals surface area contributed by atoms with E-state index in [2.05, 4.69) is 42.5 Å². The molecule has 0 fully saturated rings. The summed E-state index contributed by atoms with van der Waals surface area (Å²) in [5.74, 6) is 0. The van der Waals surface area contributed by atoms with Crippen LogP contribution in [0.3, 0.4) is 0 Å². The minimum atomic E-state index is -3.67. The zero-order valence-corrected chi connectivity index (χ0v) is 12.6. The van der Waals surface area contributed by atoms with Gasteiger partial charge in [0, 0.05) is 0 Å². The molecule has 0 aromatic rings. The largest absolute Gasteiger partial charge is 0.286 e. The van der Waals surface area contributed by atoms with Crippen LogP contribution in [0.2, 0.25) is 0 Å². The Bertz CT molecular complexity index is 618. The van der Waals surface area contributed by atoms with Crippen LogP contribution in [0.25, 0.3) is 11.1 Å². The molecular formula is C12H16O6S2. The maximum Gasteiger partial charge on any atom is 0.261 e. The Morgan fingerprint density at radius 3 is 1.20 bits per heavy atom. The number of hydrogen-bond donors (Lipinski definition) is 2. The topological polar surface area (TPSA) is 109 Å². The van der Waals surface area contributed by atoms with E-state index in [0.717, 1.165) is 0 Å². The van der Waals surface area contributed by atoms with Crippen molar-refractivity contribution in [3.8, 4) is 11.1 Å². The van der Waals surface area contributed by atoms with Gasteiger partial charge in [0.15, 0.2) is 0 Å². The summed E-state index contributed by atoms with van der Waals surface area (Å²) >= 11 is 0. The summed E-state index contributed by atoms with van der Waals surface area (Å²) < 4.78 is 51.7. The molecule has 0 heterocycles. The highest BCUT2D eigenvalue weighted by atomic mass is 32.2. The van der Waals surface area contributed by atoms with Crippen molar-refractivity contribution in [2.45, 2.75) is 0 Å². The lowest BCUT2D eigenvalue weighted by atomic mass is 10.2. The fourth-order valence-electron chi connectivity index (χ4n) is 1.13. The maximum atomic E-state index is 9.19. The quantitative estimate of drug-likeness (QED) is 0.716. The molecule has 0 bridgehead atoms. The summed E-state index contributed by atoms with van der Waals surface area (Å²) in [4.78, 5) is 0. The second-order valence-corrected chi connectivity index (χ2v) is 6.75. The Labute approximate surface area is 118 Å². The summed E-state index contributed by atoms with van der Waals surface area (Å²) in [6.45, 7) is 0. The van der Waals surface area contributed by atoms with Crippen LogP contribution in [-0.2, 0) is 20.2 Å². The van der Waals surface area contributed by atoms with Gasteiger partial charge in [0.25, 0.3) is 20.2 Å². The van der Waals surface area contributed by atoms with Gasteiger partial charge in [-0.2, -0.15) is 16.8 Å². The fraction of sp³-hybridized carbons (Fsp3) is 0.167. The maximum absolute atomic E-state index is 9.19. The van der Waals surface area contributed by atoms with Crippen LogP contribution >= 0.6 is 0 Å². The molecule has 0 unspecified atom stereocenters. The van der Waals surface area contributed by atoms with Gasteiger partial charge in [0.2, 0.25) is 0 Å². The second kappa shape index (κ2) is 7.95. The average molecular weight is 320 g/mol. The van der Waals surface area contributed by atoms with Crippen LogP contribution < -0.4 is 0 Å². The molecule has 0 aromatic heterocycles. The smallest absolute Gasteiger partial charge is 0.261 e. The molecule has 2 rings (SSSR count). The van der Waals surface area contributed by atoms with Crippen molar-refractivity contribution >= 4 is 20.2 Å². The van der Waals surface area contributed by atoms with Gasteiger partial charge >= 0.3 is 0 Å². The predicted octanol–water partition coefficient (Wildman–Crippen LogP) is 1.80. The standard InChI is InChI=1S/C10H8.2CH4O3S/c1-2-5-9-7-4-8-10(9)6-3-1;2*1-5(2,3)4/h1-8H;2*1H3,(H,2,3,4). The first-order valence-corrected chi connectivity index (χ1v) is 8.95. The number of rotatable bonds is 0. The molecule has 0 saturated carbocycles. The minimum absolute atomic E-state index is 0.715. The average Bonchev–Trinajstić information content (AvgIpc) is 2.50. The molecule has 0 amide bonds. The molecule has 2 aliphatic carbocycles. The molecular weight excluding hydrogens is 304 g/mol. The van der Waals surface area contributed by atoms with Crippen LogP contribution in [0.4, 0.5) is 0 Å². The Hall–Kier alpha value is -1.48. The molecule has 0 radical (unpaired) electrons. The predicted molar refractivity (Wildman–Crippen MR) is 78.0 cm³/mol. The highest BCUT2D eigenvalue weighted by molar-refractivity contribution is 7.85. The third kappa shape index (κ3) is 14.6. The van der Waals surface area contributed by atoms with Gasteiger partial charge in [0.1, 0.15) is 0 Å². The molecule has 0 saturated heterocycles. The van der Waals surface area contributed by atoms with Crippen molar-refractivity contribution in [1.82, 2.24) is 0 Å². The summed E-state index contributed by atoms with van der Waals surface area (Å²) in [6.07, 6.45) is 1.43. The molecule has 8 heteroatoms. The number of fused-ring (bicyclic) bond motifs is 1. The van der Waals surface area contributed by atoms with E-state index < -0.39 is 20.2 Å². The van der Waals surface area contributed by atoms with E-state index in [1.54, 1.807) is 0 Å². The Balaban J connectivity index is 0.000000310. The van der Waals surface area contributed by atoms with Gasteiger partial charge in [-0.05, 0) is 11.1 Å². The highest BCUT2D eigenvalue weighted by Crippen LogP contribution is 2.19. The van der Waals surface area contributed by atoms with E-state index in [4.69, 9.17) is 9.11 Å². The normalized spacial score (nSPS) is 10.8. The van der Waals surface area contributed by atoms with Crippen molar-refractivity contribution in [3.63, 3.8) is 0 Å². The SMILES string of the molecule is CS(=O)(=O)O.CS(=O)(=O)O.c1ccc2cccc-2cc1. The van der Waals surface area contributed by atoms with Gasteiger partial charge in [-0.3, -0.25) is 9.11 Å². The van der Waals surface area contributed by atoms with E-state index in [9.17, 15) is 16.8 Å². The lowest BCUT2D eigenvalue weighted by Gasteiger charge is -1.85. The summed E-state index contributed by atoms with van der Waals surface area (Å²) in [5.41, 5.74) is 2.62. The molecule has 0 aliphatic heterocycles. The molecule has 0 atom stereocenters. The van der Waals surface area contributed by atoms with Crippen molar-refractivity contribution in [2.24, 2.45) is 0 Å². The summed E-state index contributed by atoms with van der Waals surface area (Å²) in [7, 11) is -7.33. The molecule has 2 N–H and O–H groups in total. The second-order valence-electron chi connectivity index (χ2n) is 3.81. The molecule has 0 spiro atoms. The fourth-order valence-corrected chi connectivity index (χ4v) is 1.13. The van der Waals surface area contributed by atoms with E-state index in [0.29, 0.717) is 12.5 Å². The van der Waals surface area contributed by atoms with Crippen LogP contribution in [0.5, 0.6) is 0 Å². The van der Waals surface area contributed by atoms with Gasteiger partial charge in [-0.1, -0.05) is 48.5 Å². The Morgan fingerprint density at radius 2 is 0.900 bits per heavy atom. The van der Waals surface area contributed by atoms with Crippen LogP contribution in [0.15, 0.2) is 48.5 Å².